The number of nitrogens with zero attached hydrogens (tertiary/aromatic N) is 2. The zero-order valence-corrected chi connectivity index (χ0v) is 10.9. The van der Waals surface area contributed by atoms with Crippen LogP contribution in [0.4, 0.5) is 13.2 Å². The predicted octanol–water partition coefficient (Wildman–Crippen LogP) is 3.11. The minimum atomic E-state index is -2.07. The highest BCUT2D eigenvalue weighted by Crippen LogP contribution is 2.48. The number of aliphatic hydroxyl groups excluding tert-OH is 1. The van der Waals surface area contributed by atoms with Crippen LogP contribution in [0.25, 0.3) is 0 Å². The second kappa shape index (κ2) is 5.00. The normalized spacial score (nSPS) is 24.0. The van der Waals surface area contributed by atoms with Crippen molar-refractivity contribution in [2.75, 3.05) is 0 Å². The first-order valence-electron chi connectivity index (χ1n) is 6.23. The molecule has 1 aliphatic carbocycles. The molecule has 0 fully saturated rings. The molecule has 0 amide bonds. The molecule has 1 N–H and O–H groups in total. The van der Waals surface area contributed by atoms with E-state index < -0.39 is 24.3 Å². The molecule has 1 aliphatic rings. The topological polar surface area (TPSA) is 55.2 Å². The molecule has 4 nitrogen and oxygen atoms in total. The van der Waals surface area contributed by atoms with Crippen LogP contribution in [0.5, 0.6) is 11.5 Å². The summed E-state index contributed by atoms with van der Waals surface area (Å²) in [6, 6.07) is 1.06. The lowest BCUT2D eigenvalue weighted by Crippen LogP contribution is -2.09. The van der Waals surface area contributed by atoms with Crippen molar-refractivity contribution in [2.24, 2.45) is 0 Å². The summed E-state index contributed by atoms with van der Waals surface area (Å²) < 4.78 is 46.2. The summed E-state index contributed by atoms with van der Waals surface area (Å²) in [4.78, 5) is 7.56. The predicted molar refractivity (Wildman–Crippen MR) is 66.9 cm³/mol. The van der Waals surface area contributed by atoms with Crippen molar-refractivity contribution in [3.63, 3.8) is 0 Å². The molecule has 2 heterocycles. The Balaban J connectivity index is 2.06. The van der Waals surface area contributed by atoms with E-state index in [4.69, 9.17) is 4.74 Å². The second-order valence-electron chi connectivity index (χ2n) is 4.77. The number of aryl methyl sites for hydroxylation is 1. The Bertz CT molecular complexity index is 696. The average molecular weight is 296 g/mol. The first-order chi connectivity index (χ1) is 9.99. The Morgan fingerprint density at radius 3 is 2.67 bits per heavy atom. The van der Waals surface area contributed by atoms with Crippen molar-refractivity contribution in [1.29, 1.82) is 0 Å². The Labute approximate surface area is 118 Å². The Morgan fingerprint density at radius 2 is 1.95 bits per heavy atom. The number of fused-ring (bicyclic) bond motifs is 1. The fourth-order valence-electron chi connectivity index (χ4n) is 2.41. The van der Waals surface area contributed by atoms with E-state index in [1.54, 1.807) is 6.92 Å². The zero-order chi connectivity index (χ0) is 15.1. The molecule has 0 radical (unpaired) electrons. The molecule has 0 unspecified atom stereocenters. The van der Waals surface area contributed by atoms with E-state index in [0.29, 0.717) is 5.69 Å². The molecular weight excluding hydrogens is 285 g/mol. The molecule has 0 saturated heterocycles. The van der Waals surface area contributed by atoms with Gasteiger partial charge in [-0.25, -0.2) is 13.2 Å². The lowest BCUT2D eigenvalue weighted by atomic mass is 10.1. The van der Waals surface area contributed by atoms with Crippen LogP contribution >= 0.6 is 0 Å². The van der Waals surface area contributed by atoms with Gasteiger partial charge in [-0.15, -0.1) is 0 Å². The molecule has 2 aromatic rings. The van der Waals surface area contributed by atoms with E-state index >= 15 is 0 Å². The molecule has 21 heavy (non-hydrogen) atoms. The summed E-state index contributed by atoms with van der Waals surface area (Å²) in [6.07, 6.45) is -2.23. The number of aromatic nitrogens is 2. The van der Waals surface area contributed by atoms with Gasteiger partial charge in [-0.3, -0.25) is 9.97 Å². The van der Waals surface area contributed by atoms with Gasteiger partial charge in [0, 0.05) is 22.9 Å². The molecular formula is C14H11F3N2O2. The monoisotopic (exact) mass is 296 g/mol. The Morgan fingerprint density at radius 1 is 1.19 bits per heavy atom. The van der Waals surface area contributed by atoms with E-state index in [1.807, 2.05) is 0 Å². The molecule has 3 atom stereocenters. The van der Waals surface area contributed by atoms with Gasteiger partial charge in [0.05, 0.1) is 18.6 Å². The quantitative estimate of drug-likeness (QED) is 0.925. The van der Waals surface area contributed by atoms with E-state index in [1.165, 1.54) is 12.4 Å². The highest BCUT2D eigenvalue weighted by Gasteiger charge is 2.44. The van der Waals surface area contributed by atoms with E-state index in [9.17, 15) is 18.3 Å². The molecule has 3 rings (SSSR count). The van der Waals surface area contributed by atoms with E-state index in [2.05, 4.69) is 9.97 Å². The lowest BCUT2D eigenvalue weighted by Gasteiger charge is -2.12. The van der Waals surface area contributed by atoms with Crippen LogP contribution in [-0.2, 0) is 0 Å². The zero-order valence-electron chi connectivity index (χ0n) is 10.9. The van der Waals surface area contributed by atoms with E-state index in [0.717, 1.165) is 12.3 Å². The van der Waals surface area contributed by atoms with Crippen LogP contribution in [0, 0.1) is 12.7 Å². The van der Waals surface area contributed by atoms with Crippen LogP contribution in [0.1, 0.15) is 29.1 Å². The fraction of sp³-hybridized carbons (Fsp3) is 0.286. The molecule has 0 saturated carbocycles. The summed E-state index contributed by atoms with van der Waals surface area (Å²) in [5, 5.41) is 9.75. The molecule has 7 heteroatoms. The maximum Gasteiger partial charge on any atom is 0.165 e. The Hall–Kier alpha value is -2.15. The third kappa shape index (κ3) is 2.23. The van der Waals surface area contributed by atoms with Crippen LogP contribution in [-0.4, -0.2) is 21.2 Å². The van der Waals surface area contributed by atoms with Crippen molar-refractivity contribution < 1.29 is 23.0 Å². The maximum absolute atomic E-state index is 14.1. The second-order valence-corrected chi connectivity index (χ2v) is 4.77. The largest absolute Gasteiger partial charge is 0.454 e. The van der Waals surface area contributed by atoms with Crippen molar-refractivity contribution in [1.82, 2.24) is 9.97 Å². The van der Waals surface area contributed by atoms with Crippen LogP contribution in [0.3, 0.4) is 0 Å². The summed E-state index contributed by atoms with van der Waals surface area (Å²) in [5.74, 6) is -0.647. The van der Waals surface area contributed by atoms with Gasteiger partial charge in [0.2, 0.25) is 0 Å². The molecule has 110 valence electrons. The number of pyridine rings is 2. The standard InChI is InChI=1S/C14H11F3N2O2/c1-6-10-11(12(16)13(17)14(10)20)9(5-19-6)21-8-2-7(15)3-18-4-8/h2-5,12-14,20H,1H3/t12-,13-,14+/m1/s1. The van der Waals surface area contributed by atoms with Gasteiger partial charge in [0.1, 0.15) is 17.7 Å². The number of alkyl halides is 2. The third-order valence-corrected chi connectivity index (χ3v) is 3.38. The highest BCUT2D eigenvalue weighted by atomic mass is 19.2. The van der Waals surface area contributed by atoms with Gasteiger partial charge in [-0.1, -0.05) is 0 Å². The van der Waals surface area contributed by atoms with Gasteiger partial charge >= 0.3 is 0 Å². The first-order valence-corrected chi connectivity index (χ1v) is 6.23. The van der Waals surface area contributed by atoms with Crippen molar-refractivity contribution in [3.8, 4) is 11.5 Å². The molecule has 0 aromatic carbocycles. The minimum absolute atomic E-state index is 0.0341. The molecule has 0 bridgehead atoms. The fourth-order valence-corrected chi connectivity index (χ4v) is 2.41. The van der Waals surface area contributed by atoms with Crippen molar-refractivity contribution in [2.45, 2.75) is 25.4 Å². The summed E-state index contributed by atoms with van der Waals surface area (Å²) in [7, 11) is 0. The van der Waals surface area contributed by atoms with Crippen molar-refractivity contribution in [3.05, 3.63) is 47.3 Å². The van der Waals surface area contributed by atoms with Gasteiger partial charge in [0.25, 0.3) is 0 Å². The highest BCUT2D eigenvalue weighted by molar-refractivity contribution is 5.49. The van der Waals surface area contributed by atoms with Crippen LogP contribution in [0.2, 0.25) is 0 Å². The first kappa shape index (κ1) is 13.8. The lowest BCUT2D eigenvalue weighted by molar-refractivity contribution is 0.0462. The number of rotatable bonds is 2. The van der Waals surface area contributed by atoms with Crippen LogP contribution in [0.15, 0.2) is 24.7 Å². The van der Waals surface area contributed by atoms with Gasteiger partial charge in [-0.2, -0.15) is 0 Å². The Kier molecular flexibility index (Phi) is 3.29. The summed E-state index contributed by atoms with van der Waals surface area (Å²) in [5.41, 5.74) is 0.314. The maximum atomic E-state index is 14.1. The van der Waals surface area contributed by atoms with Crippen molar-refractivity contribution >= 4 is 0 Å². The molecule has 0 aliphatic heterocycles. The third-order valence-electron chi connectivity index (χ3n) is 3.38. The number of hydrogen-bond acceptors (Lipinski definition) is 4. The summed E-state index contributed by atoms with van der Waals surface area (Å²) >= 11 is 0. The minimum Gasteiger partial charge on any atom is -0.454 e. The SMILES string of the molecule is Cc1ncc(Oc2cncc(F)c2)c2c1[C@H](O)[C@H](F)[C@@H]2F. The summed E-state index contributed by atoms with van der Waals surface area (Å²) in [6.45, 7) is 1.54. The van der Waals surface area contributed by atoms with Gasteiger partial charge in [0.15, 0.2) is 18.1 Å². The molecule has 0 spiro atoms. The van der Waals surface area contributed by atoms with Gasteiger partial charge < -0.3 is 9.84 Å². The smallest absolute Gasteiger partial charge is 0.165 e. The number of halogens is 3. The van der Waals surface area contributed by atoms with E-state index in [-0.39, 0.29) is 22.6 Å². The molecule has 2 aromatic heterocycles. The average Bonchev–Trinajstić information content (AvgIpc) is 2.68. The number of aliphatic hydroxyl groups is 1. The van der Waals surface area contributed by atoms with Gasteiger partial charge in [-0.05, 0) is 6.92 Å². The number of ether oxygens (including phenoxy) is 1. The van der Waals surface area contributed by atoms with Crippen LogP contribution < -0.4 is 4.74 Å². The number of hydrogen-bond donors (Lipinski definition) is 1.